The number of hydrogen-bond acceptors (Lipinski definition) is 3. The van der Waals surface area contributed by atoms with Crippen molar-refractivity contribution in [1.82, 2.24) is 9.80 Å². The molecule has 1 amide bonds. The minimum absolute atomic E-state index is 0. The number of rotatable bonds is 5. The van der Waals surface area contributed by atoms with Crippen LogP contribution in [0.1, 0.15) is 31.2 Å². The van der Waals surface area contributed by atoms with E-state index in [0.29, 0.717) is 6.42 Å². The molecule has 2 N–H and O–H groups in total. The van der Waals surface area contributed by atoms with Crippen LogP contribution < -0.4 is 5.73 Å². The van der Waals surface area contributed by atoms with E-state index in [9.17, 15) is 4.79 Å². The average molecular weight is 388 g/mol. The molecule has 1 aromatic rings. The maximum absolute atomic E-state index is 12.5. The third-order valence-corrected chi connectivity index (χ3v) is 5.26. The van der Waals surface area contributed by atoms with E-state index in [1.54, 1.807) is 0 Å². The molecular weight excluding hydrogens is 357 g/mol. The zero-order chi connectivity index (χ0) is 16.1. The van der Waals surface area contributed by atoms with Gasteiger partial charge in [-0.25, -0.2) is 0 Å². The highest BCUT2D eigenvalue weighted by Gasteiger charge is 2.27. The Labute approximate surface area is 163 Å². The molecule has 4 nitrogen and oxygen atoms in total. The third kappa shape index (κ3) is 6.45. The molecule has 25 heavy (non-hydrogen) atoms. The molecule has 1 unspecified atom stereocenters. The average Bonchev–Trinajstić information content (AvgIpc) is 3.09. The summed E-state index contributed by atoms with van der Waals surface area (Å²) in [5.41, 5.74) is 7.28. The van der Waals surface area contributed by atoms with Crippen molar-refractivity contribution in [2.75, 3.05) is 32.7 Å². The molecule has 6 heteroatoms. The molecule has 2 fully saturated rings. The fourth-order valence-electron chi connectivity index (χ4n) is 3.86. The summed E-state index contributed by atoms with van der Waals surface area (Å²) in [6, 6.07) is 9.65. The Hall–Kier alpha value is -0.810. The topological polar surface area (TPSA) is 49.6 Å². The normalized spacial score (nSPS) is 19.8. The first-order valence-corrected chi connectivity index (χ1v) is 9.03. The van der Waals surface area contributed by atoms with Gasteiger partial charge in [0.15, 0.2) is 0 Å². The lowest BCUT2D eigenvalue weighted by Gasteiger charge is -2.35. The van der Waals surface area contributed by atoms with Gasteiger partial charge in [-0.3, -0.25) is 4.79 Å². The van der Waals surface area contributed by atoms with Gasteiger partial charge in [-0.05, 0) is 56.7 Å². The van der Waals surface area contributed by atoms with Crippen LogP contribution in [0.25, 0.3) is 0 Å². The van der Waals surface area contributed by atoms with Gasteiger partial charge in [0.2, 0.25) is 5.91 Å². The van der Waals surface area contributed by atoms with Crippen molar-refractivity contribution in [1.29, 1.82) is 0 Å². The van der Waals surface area contributed by atoms with E-state index >= 15 is 0 Å². The van der Waals surface area contributed by atoms with E-state index in [4.69, 9.17) is 5.73 Å². The van der Waals surface area contributed by atoms with Gasteiger partial charge in [0.05, 0.1) is 6.04 Å². The summed E-state index contributed by atoms with van der Waals surface area (Å²) in [6.45, 7) is 5.50. The van der Waals surface area contributed by atoms with Crippen LogP contribution in [0.5, 0.6) is 0 Å². The SMILES string of the molecule is Cl.Cl.NC(Cc1ccccc1)C(=O)N1CCC(CN2CCCC2)CC1. The molecule has 2 aliphatic rings. The minimum atomic E-state index is -0.410. The summed E-state index contributed by atoms with van der Waals surface area (Å²) in [5.74, 6) is 0.871. The number of piperidine rings is 1. The second kappa shape index (κ2) is 11.0. The smallest absolute Gasteiger partial charge is 0.239 e. The molecular formula is C19H31Cl2N3O. The van der Waals surface area contributed by atoms with E-state index in [0.717, 1.165) is 37.4 Å². The van der Waals surface area contributed by atoms with Gasteiger partial charge in [0, 0.05) is 19.6 Å². The summed E-state index contributed by atoms with van der Waals surface area (Å²) in [4.78, 5) is 17.1. The molecule has 1 aromatic carbocycles. The third-order valence-electron chi connectivity index (χ3n) is 5.26. The molecule has 0 aromatic heterocycles. The van der Waals surface area contributed by atoms with E-state index < -0.39 is 6.04 Å². The fourth-order valence-corrected chi connectivity index (χ4v) is 3.86. The minimum Gasteiger partial charge on any atom is -0.341 e. The van der Waals surface area contributed by atoms with Crippen molar-refractivity contribution in [2.24, 2.45) is 11.7 Å². The fraction of sp³-hybridized carbons (Fsp3) is 0.632. The number of nitrogens with two attached hydrogens (primary N) is 1. The molecule has 3 rings (SSSR count). The summed E-state index contributed by atoms with van der Waals surface area (Å²) < 4.78 is 0. The number of carbonyl (C=O) groups is 1. The standard InChI is InChI=1S/C19H29N3O.2ClH/c20-18(14-16-6-2-1-3-7-16)19(23)22-12-8-17(9-13-22)15-21-10-4-5-11-21;;/h1-3,6-7,17-18H,4-5,8-15,20H2;2*1H. The lowest BCUT2D eigenvalue weighted by Crippen LogP contribution is -2.48. The number of likely N-dealkylation sites (tertiary alicyclic amines) is 2. The summed E-state index contributed by atoms with van der Waals surface area (Å²) in [5, 5.41) is 0. The van der Waals surface area contributed by atoms with Gasteiger partial charge < -0.3 is 15.5 Å². The molecule has 0 bridgehead atoms. The molecule has 1 atom stereocenters. The predicted octanol–water partition coefficient (Wildman–Crippen LogP) is 2.73. The molecule has 142 valence electrons. The highest BCUT2D eigenvalue weighted by atomic mass is 35.5. The van der Waals surface area contributed by atoms with Crippen LogP contribution in [-0.4, -0.2) is 54.5 Å². The molecule has 2 saturated heterocycles. The molecule has 0 aliphatic carbocycles. The highest BCUT2D eigenvalue weighted by molar-refractivity contribution is 5.85. The first-order chi connectivity index (χ1) is 11.2. The van der Waals surface area contributed by atoms with Crippen LogP contribution in [-0.2, 0) is 11.2 Å². The van der Waals surface area contributed by atoms with Crippen LogP contribution in [0.2, 0.25) is 0 Å². The predicted molar refractivity (Wildman–Crippen MR) is 108 cm³/mol. The maximum atomic E-state index is 12.5. The maximum Gasteiger partial charge on any atom is 0.239 e. The van der Waals surface area contributed by atoms with Crippen molar-refractivity contribution in [3.63, 3.8) is 0 Å². The van der Waals surface area contributed by atoms with E-state index in [1.807, 2.05) is 35.2 Å². The zero-order valence-corrected chi connectivity index (χ0v) is 16.4. The summed E-state index contributed by atoms with van der Waals surface area (Å²) in [7, 11) is 0. The Morgan fingerprint density at radius 2 is 1.64 bits per heavy atom. The van der Waals surface area contributed by atoms with Crippen LogP contribution >= 0.6 is 24.8 Å². The zero-order valence-electron chi connectivity index (χ0n) is 14.8. The second-order valence-electron chi connectivity index (χ2n) is 7.07. The summed E-state index contributed by atoms with van der Waals surface area (Å²) in [6.07, 6.45) is 5.59. The van der Waals surface area contributed by atoms with E-state index in [1.165, 1.54) is 32.5 Å². The van der Waals surface area contributed by atoms with Gasteiger partial charge in [-0.15, -0.1) is 24.8 Å². The van der Waals surface area contributed by atoms with Crippen molar-refractivity contribution >= 4 is 30.7 Å². The highest BCUT2D eigenvalue weighted by Crippen LogP contribution is 2.21. The largest absolute Gasteiger partial charge is 0.341 e. The number of carbonyl (C=O) groups excluding carboxylic acids is 1. The van der Waals surface area contributed by atoms with E-state index in [2.05, 4.69) is 4.90 Å². The van der Waals surface area contributed by atoms with Gasteiger partial charge in [-0.2, -0.15) is 0 Å². The first-order valence-electron chi connectivity index (χ1n) is 9.03. The van der Waals surface area contributed by atoms with Crippen molar-refractivity contribution in [3.8, 4) is 0 Å². The molecule has 0 spiro atoms. The van der Waals surface area contributed by atoms with Gasteiger partial charge in [0.25, 0.3) is 0 Å². The van der Waals surface area contributed by atoms with E-state index in [-0.39, 0.29) is 30.7 Å². The van der Waals surface area contributed by atoms with Gasteiger partial charge >= 0.3 is 0 Å². The molecule has 0 radical (unpaired) electrons. The van der Waals surface area contributed by atoms with Crippen LogP contribution in [0.3, 0.4) is 0 Å². The molecule has 2 heterocycles. The summed E-state index contributed by atoms with van der Waals surface area (Å²) >= 11 is 0. The van der Waals surface area contributed by atoms with Crippen molar-refractivity contribution in [3.05, 3.63) is 35.9 Å². The lowest BCUT2D eigenvalue weighted by atomic mass is 9.95. The lowest BCUT2D eigenvalue weighted by molar-refractivity contribution is -0.134. The Morgan fingerprint density at radius 1 is 1.04 bits per heavy atom. The van der Waals surface area contributed by atoms with Crippen LogP contribution in [0, 0.1) is 5.92 Å². The Balaban J connectivity index is 0.00000156. The number of amides is 1. The monoisotopic (exact) mass is 387 g/mol. The number of hydrogen-bond donors (Lipinski definition) is 1. The molecule has 2 aliphatic heterocycles. The second-order valence-corrected chi connectivity index (χ2v) is 7.07. The quantitative estimate of drug-likeness (QED) is 0.844. The van der Waals surface area contributed by atoms with Crippen molar-refractivity contribution < 1.29 is 4.79 Å². The number of benzene rings is 1. The Morgan fingerprint density at radius 3 is 2.24 bits per heavy atom. The Kier molecular flexibility index (Phi) is 9.80. The molecule has 0 saturated carbocycles. The number of halogens is 2. The van der Waals surface area contributed by atoms with Crippen molar-refractivity contribution in [2.45, 2.75) is 38.1 Å². The van der Waals surface area contributed by atoms with Crippen LogP contribution in [0.4, 0.5) is 0 Å². The number of nitrogens with zero attached hydrogens (tertiary/aromatic N) is 2. The first kappa shape index (κ1) is 22.2. The van der Waals surface area contributed by atoms with Crippen LogP contribution in [0.15, 0.2) is 30.3 Å². The van der Waals surface area contributed by atoms with Gasteiger partial charge in [0.1, 0.15) is 0 Å². The van der Waals surface area contributed by atoms with Gasteiger partial charge in [-0.1, -0.05) is 30.3 Å². The Bertz CT molecular complexity index is 501.